The van der Waals surface area contributed by atoms with Crippen LogP contribution in [0.2, 0.25) is 0 Å². The second-order valence-corrected chi connectivity index (χ2v) is 3.96. The Labute approximate surface area is 111 Å². The summed E-state index contributed by atoms with van der Waals surface area (Å²) in [6.07, 6.45) is 0.469. The minimum atomic E-state index is -3.50. The molecule has 0 aliphatic carbocycles. The first kappa shape index (κ1) is 16.8. The van der Waals surface area contributed by atoms with Gasteiger partial charge in [-0.25, -0.2) is 0 Å². The molecule has 0 bridgehead atoms. The number of alkyl halides is 2. The molecule has 1 amide bonds. The Morgan fingerprint density at radius 1 is 1.39 bits per heavy atom. The van der Waals surface area contributed by atoms with Gasteiger partial charge in [0.05, 0.1) is 0 Å². The highest BCUT2D eigenvalue weighted by Gasteiger charge is 2.40. The Hall–Kier alpha value is -1.20. The zero-order chi connectivity index (χ0) is 12.9. The summed E-state index contributed by atoms with van der Waals surface area (Å²) in [5.41, 5.74) is 5.15. The van der Waals surface area contributed by atoms with E-state index in [0.29, 0.717) is 6.42 Å². The van der Waals surface area contributed by atoms with E-state index in [-0.39, 0.29) is 30.6 Å². The maximum absolute atomic E-state index is 13.6. The molecule has 3 N–H and O–H groups in total. The van der Waals surface area contributed by atoms with Crippen LogP contribution >= 0.6 is 12.4 Å². The summed E-state index contributed by atoms with van der Waals surface area (Å²) in [6, 6.07) is 6.89. The van der Waals surface area contributed by atoms with E-state index in [0.717, 1.165) is 0 Å². The van der Waals surface area contributed by atoms with Gasteiger partial charge in [-0.2, -0.15) is 8.78 Å². The van der Waals surface area contributed by atoms with Crippen molar-refractivity contribution >= 4 is 18.3 Å². The van der Waals surface area contributed by atoms with E-state index in [1.807, 2.05) is 0 Å². The molecule has 1 rings (SSSR count). The van der Waals surface area contributed by atoms with E-state index in [2.05, 4.69) is 5.32 Å². The number of nitrogens with one attached hydrogen (secondary N) is 1. The predicted octanol–water partition coefficient (Wildman–Crippen LogP) is 2.05. The number of carbonyl (C=O) groups is 1. The van der Waals surface area contributed by atoms with Gasteiger partial charge in [0.25, 0.3) is 5.91 Å². The van der Waals surface area contributed by atoms with Crippen molar-refractivity contribution in [3.63, 3.8) is 0 Å². The van der Waals surface area contributed by atoms with Crippen LogP contribution in [0.3, 0.4) is 0 Å². The molecule has 3 nitrogen and oxygen atoms in total. The smallest absolute Gasteiger partial charge is 0.349 e. The second-order valence-electron chi connectivity index (χ2n) is 3.96. The molecule has 6 heteroatoms. The van der Waals surface area contributed by atoms with Gasteiger partial charge >= 0.3 is 5.92 Å². The molecule has 18 heavy (non-hydrogen) atoms. The molecule has 0 saturated heterocycles. The molecule has 0 aliphatic rings. The number of carbonyl (C=O) groups excluding carboxylic acids is 1. The van der Waals surface area contributed by atoms with Crippen molar-refractivity contribution in [2.45, 2.75) is 25.3 Å². The van der Waals surface area contributed by atoms with Crippen LogP contribution in [0.25, 0.3) is 0 Å². The Bertz CT molecular complexity index is 372. The van der Waals surface area contributed by atoms with Gasteiger partial charge in [0.15, 0.2) is 0 Å². The first-order valence-corrected chi connectivity index (χ1v) is 5.42. The quantitative estimate of drug-likeness (QED) is 0.866. The van der Waals surface area contributed by atoms with Crippen molar-refractivity contribution in [1.29, 1.82) is 0 Å². The topological polar surface area (TPSA) is 55.1 Å². The Balaban J connectivity index is 0.00000289. The fraction of sp³-hybridized carbons (Fsp3) is 0.417. The molecule has 0 spiro atoms. The SMILES string of the molecule is CC(N)CCNC(=O)C(F)(F)c1ccccc1.Cl. The third-order valence-electron chi connectivity index (χ3n) is 2.31. The highest BCUT2D eigenvalue weighted by atomic mass is 35.5. The predicted molar refractivity (Wildman–Crippen MR) is 68.9 cm³/mol. The summed E-state index contributed by atoms with van der Waals surface area (Å²) >= 11 is 0. The molecule has 1 atom stereocenters. The molecule has 1 aromatic rings. The summed E-state index contributed by atoms with van der Waals surface area (Å²) in [5.74, 6) is -4.79. The number of hydrogen-bond donors (Lipinski definition) is 2. The monoisotopic (exact) mass is 278 g/mol. The van der Waals surface area contributed by atoms with Crippen molar-refractivity contribution < 1.29 is 13.6 Å². The van der Waals surface area contributed by atoms with Gasteiger partial charge in [-0.1, -0.05) is 30.3 Å². The van der Waals surface area contributed by atoms with Crippen LogP contribution in [-0.4, -0.2) is 18.5 Å². The van der Waals surface area contributed by atoms with Gasteiger partial charge in [0.2, 0.25) is 0 Å². The second kappa shape index (κ2) is 7.28. The normalized spacial score (nSPS) is 12.4. The van der Waals surface area contributed by atoms with Crippen LogP contribution in [0.15, 0.2) is 30.3 Å². The highest BCUT2D eigenvalue weighted by Crippen LogP contribution is 2.27. The van der Waals surface area contributed by atoms with Gasteiger partial charge in [-0.15, -0.1) is 12.4 Å². The molecule has 0 aliphatic heterocycles. The number of nitrogens with two attached hydrogens (primary N) is 1. The molecule has 102 valence electrons. The summed E-state index contributed by atoms with van der Waals surface area (Å²) in [7, 11) is 0. The molecule has 0 saturated carbocycles. The summed E-state index contributed by atoms with van der Waals surface area (Å²) in [4.78, 5) is 11.3. The van der Waals surface area contributed by atoms with E-state index in [1.54, 1.807) is 13.0 Å². The van der Waals surface area contributed by atoms with Crippen molar-refractivity contribution in [2.24, 2.45) is 5.73 Å². The van der Waals surface area contributed by atoms with Gasteiger partial charge in [0.1, 0.15) is 0 Å². The number of rotatable bonds is 5. The maximum atomic E-state index is 13.6. The van der Waals surface area contributed by atoms with Gasteiger partial charge in [-0.3, -0.25) is 4.79 Å². The third-order valence-corrected chi connectivity index (χ3v) is 2.31. The zero-order valence-electron chi connectivity index (χ0n) is 10.0. The lowest BCUT2D eigenvalue weighted by molar-refractivity contribution is -0.147. The number of benzene rings is 1. The van der Waals surface area contributed by atoms with Crippen molar-refractivity contribution in [3.05, 3.63) is 35.9 Å². The Morgan fingerprint density at radius 2 is 1.94 bits per heavy atom. The standard InChI is InChI=1S/C12H16F2N2O.ClH/c1-9(15)7-8-16-11(17)12(13,14)10-5-3-2-4-6-10;/h2-6,9H,7-8,15H2,1H3,(H,16,17);1H. The lowest BCUT2D eigenvalue weighted by Crippen LogP contribution is -2.39. The lowest BCUT2D eigenvalue weighted by atomic mass is 10.1. The van der Waals surface area contributed by atoms with Crippen molar-refractivity contribution in [2.75, 3.05) is 6.54 Å². The van der Waals surface area contributed by atoms with Crippen molar-refractivity contribution in [3.8, 4) is 0 Å². The largest absolute Gasteiger partial charge is 0.350 e. The molecular weight excluding hydrogens is 262 g/mol. The molecule has 0 aromatic heterocycles. The zero-order valence-corrected chi connectivity index (χ0v) is 10.8. The lowest BCUT2D eigenvalue weighted by Gasteiger charge is -2.16. The first-order chi connectivity index (χ1) is 7.94. The molecule has 1 aromatic carbocycles. The minimum Gasteiger partial charge on any atom is -0.350 e. The fourth-order valence-electron chi connectivity index (χ4n) is 1.30. The maximum Gasteiger partial charge on any atom is 0.349 e. The van der Waals surface area contributed by atoms with E-state index in [9.17, 15) is 13.6 Å². The Kier molecular flexibility index (Phi) is 6.80. The van der Waals surface area contributed by atoms with Crippen LogP contribution < -0.4 is 11.1 Å². The fourth-order valence-corrected chi connectivity index (χ4v) is 1.30. The molecular formula is C12H17ClF2N2O. The van der Waals surface area contributed by atoms with E-state index < -0.39 is 11.8 Å². The number of hydrogen-bond acceptors (Lipinski definition) is 2. The summed E-state index contributed by atoms with van der Waals surface area (Å²) in [6.45, 7) is 1.90. The van der Waals surface area contributed by atoms with Crippen LogP contribution in [0, 0.1) is 0 Å². The van der Waals surface area contributed by atoms with Crippen LogP contribution in [-0.2, 0) is 10.7 Å². The minimum absolute atomic E-state index is 0. The highest BCUT2D eigenvalue weighted by molar-refractivity contribution is 5.85. The first-order valence-electron chi connectivity index (χ1n) is 5.42. The Morgan fingerprint density at radius 3 is 2.44 bits per heavy atom. The van der Waals surface area contributed by atoms with E-state index >= 15 is 0 Å². The summed E-state index contributed by atoms with van der Waals surface area (Å²) in [5, 5.41) is 2.18. The van der Waals surface area contributed by atoms with Gasteiger partial charge < -0.3 is 11.1 Å². The average molecular weight is 279 g/mol. The van der Waals surface area contributed by atoms with Gasteiger partial charge in [-0.05, 0) is 13.3 Å². The van der Waals surface area contributed by atoms with Crippen LogP contribution in [0.4, 0.5) is 8.78 Å². The van der Waals surface area contributed by atoms with Crippen molar-refractivity contribution in [1.82, 2.24) is 5.32 Å². The molecule has 0 heterocycles. The summed E-state index contributed by atoms with van der Waals surface area (Å²) < 4.78 is 27.3. The number of amides is 1. The van der Waals surface area contributed by atoms with Crippen LogP contribution in [0.1, 0.15) is 18.9 Å². The van der Waals surface area contributed by atoms with E-state index in [4.69, 9.17) is 5.73 Å². The molecule has 0 fully saturated rings. The number of halogens is 3. The molecule has 1 unspecified atom stereocenters. The van der Waals surface area contributed by atoms with Gasteiger partial charge in [0, 0.05) is 18.2 Å². The average Bonchev–Trinajstić information content (AvgIpc) is 2.29. The third kappa shape index (κ3) is 4.58. The van der Waals surface area contributed by atoms with E-state index in [1.165, 1.54) is 24.3 Å². The van der Waals surface area contributed by atoms with Crippen LogP contribution in [0.5, 0.6) is 0 Å². The molecule has 0 radical (unpaired) electrons.